The quantitative estimate of drug-likeness (QED) is 0.824. The van der Waals surface area contributed by atoms with Gasteiger partial charge in [-0.15, -0.1) is 0 Å². The van der Waals surface area contributed by atoms with E-state index < -0.39 is 0 Å². The number of aromatic nitrogens is 3. The summed E-state index contributed by atoms with van der Waals surface area (Å²) in [4.78, 5) is 0. The average molecular weight is 241 g/mol. The molecule has 5 heteroatoms. The minimum atomic E-state index is 0.468. The molecule has 0 spiro atoms. The van der Waals surface area contributed by atoms with Crippen LogP contribution in [-0.2, 0) is 11.3 Å². The van der Waals surface area contributed by atoms with Crippen LogP contribution >= 0.6 is 12.2 Å². The summed E-state index contributed by atoms with van der Waals surface area (Å²) in [6.07, 6.45) is 6.90. The Morgan fingerprint density at radius 3 is 2.81 bits per heavy atom. The highest BCUT2D eigenvalue weighted by atomic mass is 32.1. The maximum Gasteiger partial charge on any atom is 0.195 e. The van der Waals surface area contributed by atoms with Crippen molar-refractivity contribution in [3.8, 4) is 0 Å². The van der Waals surface area contributed by atoms with Gasteiger partial charge in [-0.05, 0) is 32.0 Å². The van der Waals surface area contributed by atoms with Gasteiger partial charge in [0.1, 0.15) is 5.82 Å². The molecule has 90 valence electrons. The molecule has 0 bridgehead atoms. The third-order valence-corrected chi connectivity index (χ3v) is 3.48. The van der Waals surface area contributed by atoms with Gasteiger partial charge in [0, 0.05) is 0 Å². The van der Waals surface area contributed by atoms with Gasteiger partial charge in [0.05, 0.1) is 19.3 Å². The van der Waals surface area contributed by atoms with E-state index in [-0.39, 0.29) is 0 Å². The summed E-state index contributed by atoms with van der Waals surface area (Å²) in [6.45, 7) is 3.49. The van der Waals surface area contributed by atoms with Crippen molar-refractivity contribution in [1.29, 1.82) is 0 Å². The molecule has 0 saturated heterocycles. The molecule has 0 aliphatic heterocycles. The molecule has 0 unspecified atom stereocenters. The minimum absolute atomic E-state index is 0.468. The number of aryl methyl sites for hydroxylation is 1. The standard InChI is InChI=1S/C11H19N3OS/c1-9-12-13-11(16)14(9)7-8-15-10-5-3-2-4-6-10/h10H,2-8H2,1H3,(H,13,16). The molecule has 1 aromatic rings. The van der Waals surface area contributed by atoms with E-state index in [0.29, 0.717) is 10.9 Å². The van der Waals surface area contributed by atoms with Crippen LogP contribution in [0.5, 0.6) is 0 Å². The molecule has 2 rings (SSSR count). The van der Waals surface area contributed by atoms with E-state index in [1.54, 1.807) is 0 Å². The van der Waals surface area contributed by atoms with Gasteiger partial charge in [0.2, 0.25) is 0 Å². The summed E-state index contributed by atoms with van der Waals surface area (Å²) in [5.41, 5.74) is 0. The van der Waals surface area contributed by atoms with Crippen molar-refractivity contribution in [2.24, 2.45) is 0 Å². The third-order valence-electron chi connectivity index (χ3n) is 3.17. The molecule has 1 N–H and O–H groups in total. The van der Waals surface area contributed by atoms with Crippen LogP contribution in [0.4, 0.5) is 0 Å². The van der Waals surface area contributed by atoms with E-state index in [9.17, 15) is 0 Å². The summed E-state index contributed by atoms with van der Waals surface area (Å²) >= 11 is 5.13. The zero-order chi connectivity index (χ0) is 11.4. The molecule has 1 heterocycles. The van der Waals surface area contributed by atoms with Gasteiger partial charge < -0.3 is 9.30 Å². The second-order valence-corrected chi connectivity index (χ2v) is 4.75. The highest BCUT2D eigenvalue weighted by molar-refractivity contribution is 7.71. The molecule has 0 radical (unpaired) electrons. The maximum absolute atomic E-state index is 5.86. The Balaban J connectivity index is 1.77. The van der Waals surface area contributed by atoms with Gasteiger partial charge in [0.25, 0.3) is 0 Å². The first-order chi connectivity index (χ1) is 7.77. The lowest BCUT2D eigenvalue weighted by molar-refractivity contribution is 0.0237. The highest BCUT2D eigenvalue weighted by Gasteiger charge is 2.13. The van der Waals surface area contributed by atoms with Gasteiger partial charge in [-0.2, -0.15) is 5.10 Å². The van der Waals surface area contributed by atoms with Gasteiger partial charge in [-0.3, -0.25) is 5.10 Å². The zero-order valence-corrected chi connectivity index (χ0v) is 10.6. The normalized spacial score (nSPS) is 17.8. The topological polar surface area (TPSA) is 42.8 Å². The van der Waals surface area contributed by atoms with E-state index in [1.807, 2.05) is 11.5 Å². The molecule has 0 atom stereocenters. The Bertz CT molecular complexity index is 379. The highest BCUT2D eigenvalue weighted by Crippen LogP contribution is 2.20. The molecular weight excluding hydrogens is 222 g/mol. The van der Waals surface area contributed by atoms with Gasteiger partial charge in [-0.1, -0.05) is 19.3 Å². The van der Waals surface area contributed by atoms with Crippen LogP contribution < -0.4 is 0 Å². The Morgan fingerprint density at radius 1 is 1.44 bits per heavy atom. The molecule has 16 heavy (non-hydrogen) atoms. The van der Waals surface area contributed by atoms with Crippen LogP contribution in [0.2, 0.25) is 0 Å². The molecule has 1 aromatic heterocycles. The van der Waals surface area contributed by atoms with E-state index in [0.717, 1.165) is 19.0 Å². The Hall–Kier alpha value is -0.680. The summed E-state index contributed by atoms with van der Waals surface area (Å²) in [5, 5.41) is 6.86. The monoisotopic (exact) mass is 241 g/mol. The molecule has 1 aliphatic carbocycles. The van der Waals surface area contributed by atoms with Crippen molar-refractivity contribution in [3.05, 3.63) is 10.6 Å². The van der Waals surface area contributed by atoms with E-state index in [2.05, 4.69) is 10.2 Å². The lowest BCUT2D eigenvalue weighted by Gasteiger charge is -2.22. The molecule has 1 saturated carbocycles. The van der Waals surface area contributed by atoms with Crippen molar-refractivity contribution in [2.75, 3.05) is 6.61 Å². The van der Waals surface area contributed by atoms with Crippen LogP contribution in [0.1, 0.15) is 37.9 Å². The minimum Gasteiger partial charge on any atom is -0.376 e. The Kier molecular flexibility index (Phi) is 4.12. The molecule has 0 amide bonds. The fourth-order valence-corrected chi connectivity index (χ4v) is 2.47. The van der Waals surface area contributed by atoms with Crippen molar-refractivity contribution < 1.29 is 4.74 Å². The SMILES string of the molecule is Cc1n[nH]c(=S)n1CCOC1CCCCC1. The van der Waals surface area contributed by atoms with Crippen molar-refractivity contribution in [3.63, 3.8) is 0 Å². The average Bonchev–Trinajstić information content (AvgIpc) is 2.62. The van der Waals surface area contributed by atoms with Gasteiger partial charge >= 0.3 is 0 Å². The summed E-state index contributed by atoms with van der Waals surface area (Å²) in [7, 11) is 0. The van der Waals surface area contributed by atoms with Crippen LogP contribution in [0.15, 0.2) is 0 Å². The lowest BCUT2D eigenvalue weighted by Crippen LogP contribution is -2.19. The second-order valence-electron chi connectivity index (χ2n) is 4.36. The van der Waals surface area contributed by atoms with Crippen molar-refractivity contribution in [2.45, 2.75) is 51.7 Å². The maximum atomic E-state index is 5.86. The number of aromatic amines is 1. The smallest absolute Gasteiger partial charge is 0.195 e. The number of rotatable bonds is 4. The Morgan fingerprint density at radius 2 is 2.19 bits per heavy atom. The molecule has 1 fully saturated rings. The van der Waals surface area contributed by atoms with Crippen molar-refractivity contribution >= 4 is 12.2 Å². The molecule has 4 nitrogen and oxygen atoms in total. The van der Waals surface area contributed by atoms with E-state index in [1.165, 1.54) is 32.1 Å². The third kappa shape index (κ3) is 2.92. The summed E-state index contributed by atoms with van der Waals surface area (Å²) < 4.78 is 8.53. The fraction of sp³-hybridized carbons (Fsp3) is 0.818. The second kappa shape index (κ2) is 5.59. The number of ether oxygens (including phenoxy) is 1. The summed E-state index contributed by atoms with van der Waals surface area (Å²) in [5.74, 6) is 0.928. The van der Waals surface area contributed by atoms with Crippen LogP contribution in [0, 0.1) is 11.7 Å². The lowest BCUT2D eigenvalue weighted by atomic mass is 9.98. The number of hydrogen-bond acceptors (Lipinski definition) is 3. The zero-order valence-electron chi connectivity index (χ0n) is 9.74. The first-order valence-electron chi connectivity index (χ1n) is 6.01. The van der Waals surface area contributed by atoms with Gasteiger partial charge in [-0.25, -0.2) is 0 Å². The van der Waals surface area contributed by atoms with Crippen LogP contribution in [-0.4, -0.2) is 27.5 Å². The predicted molar refractivity (Wildman–Crippen MR) is 65.0 cm³/mol. The van der Waals surface area contributed by atoms with Gasteiger partial charge in [0.15, 0.2) is 4.77 Å². The number of nitrogens with zero attached hydrogens (tertiary/aromatic N) is 2. The Labute approximate surface area is 101 Å². The summed E-state index contributed by atoms with van der Waals surface area (Å²) in [6, 6.07) is 0. The van der Waals surface area contributed by atoms with E-state index >= 15 is 0 Å². The number of nitrogens with one attached hydrogen (secondary N) is 1. The first kappa shape index (κ1) is 11.8. The van der Waals surface area contributed by atoms with E-state index in [4.69, 9.17) is 17.0 Å². The fourth-order valence-electron chi connectivity index (χ4n) is 2.20. The van der Waals surface area contributed by atoms with Crippen molar-refractivity contribution in [1.82, 2.24) is 14.8 Å². The molecule has 1 aliphatic rings. The largest absolute Gasteiger partial charge is 0.376 e. The predicted octanol–water partition coefficient (Wildman–Crippen LogP) is 2.60. The molecule has 0 aromatic carbocycles. The van der Waals surface area contributed by atoms with Crippen LogP contribution in [0.25, 0.3) is 0 Å². The van der Waals surface area contributed by atoms with Crippen LogP contribution in [0.3, 0.4) is 0 Å². The molecular formula is C11H19N3OS. The first-order valence-corrected chi connectivity index (χ1v) is 6.41. The number of H-pyrrole nitrogens is 1. The number of hydrogen-bond donors (Lipinski definition) is 1.